The zero-order chi connectivity index (χ0) is 72.5. The van der Waals surface area contributed by atoms with Gasteiger partial charge in [0.25, 0.3) is 5.69 Å². The Morgan fingerprint density at radius 1 is 0.534 bits per heavy atom. The average molecular weight is 1660 g/mol. The number of phenolic OH excluding ortho intramolecular Hbond substituents is 2. The summed E-state index contributed by atoms with van der Waals surface area (Å²) in [6.45, 7) is 2.71. The number of esters is 1. The molecule has 0 aliphatic carbocycles. The molecule has 0 aliphatic rings. The number of phenols is 2. The van der Waals surface area contributed by atoms with Gasteiger partial charge in [0.05, 0.1) is 15.5 Å². The number of hydrogen-bond donors (Lipinski definition) is 4. The third kappa shape index (κ3) is 44.8. The fraction of sp³-hybridized carbons (Fsp3) is 0.393. The second-order valence-electron chi connectivity index (χ2n) is 16.9. The van der Waals surface area contributed by atoms with Gasteiger partial charge in [-0.1, -0.05) is 116 Å². The lowest BCUT2D eigenvalue weighted by atomic mass is 10.1. The van der Waals surface area contributed by atoms with Gasteiger partial charge in [0.1, 0.15) is 47.3 Å². The Labute approximate surface area is 637 Å². The Balaban J connectivity index is -0.000000283. The molecule has 2 amide bonds. The van der Waals surface area contributed by atoms with E-state index in [1.807, 2.05) is 54.6 Å². The number of nitro benzene ring substituents is 1. The summed E-state index contributed by atoms with van der Waals surface area (Å²) in [5.41, 5.74) is 2.97. The minimum absolute atomic E-state index is 0. The first-order chi connectivity index (χ1) is 46.5. The molecule has 3 aromatic heterocycles. The highest BCUT2D eigenvalue weighted by atomic mass is 35.5. The predicted octanol–water partition coefficient (Wildman–Crippen LogP) is 19.3. The monoisotopic (exact) mass is 1660 g/mol. The van der Waals surface area contributed by atoms with Gasteiger partial charge in [0.15, 0.2) is 34.8 Å². The molecular weight excluding hydrogens is 1570 g/mol. The van der Waals surface area contributed by atoms with E-state index in [0.29, 0.717) is 51.8 Å². The third-order valence-corrected chi connectivity index (χ3v) is 19.7. The molecule has 580 valence electrons. The normalized spacial score (nSPS) is 9.50. The number of pyridine rings is 3. The Hall–Kier alpha value is -6.57. The number of carbonyl (C=O) groups is 4. The number of amides is 2. The Morgan fingerprint density at radius 3 is 1.20 bits per heavy atom. The first-order valence-electron chi connectivity index (χ1n) is 27.4. The van der Waals surface area contributed by atoms with E-state index in [1.54, 1.807) is 47.1 Å². The highest BCUT2D eigenvalue weighted by Crippen LogP contribution is 2.34. The summed E-state index contributed by atoms with van der Waals surface area (Å²) in [5.74, 6) is -13.6. The molecule has 0 spiro atoms. The van der Waals surface area contributed by atoms with E-state index in [9.17, 15) is 74.2 Å². The van der Waals surface area contributed by atoms with E-state index < -0.39 is 92.4 Å². The van der Waals surface area contributed by atoms with Gasteiger partial charge in [0, 0.05) is 91.1 Å². The molecule has 0 fully saturated rings. The average Bonchev–Trinajstić information content (AvgIpc) is 0.809. The molecule has 0 radical (unpaired) electrons. The van der Waals surface area contributed by atoms with Crippen molar-refractivity contribution in [2.24, 2.45) is 16.3 Å². The van der Waals surface area contributed by atoms with Crippen LogP contribution in [0.3, 0.4) is 0 Å². The number of non-ortho nitro benzene ring substituents is 1. The molecule has 3 aromatic carbocycles. The number of hydrogen-bond acceptors (Lipinski definition) is 30. The number of thiol groups is 1. The summed E-state index contributed by atoms with van der Waals surface area (Å²) in [7, 11) is 15.7. The molecule has 6 aromatic rings. The van der Waals surface area contributed by atoms with E-state index in [4.69, 9.17) is 33.9 Å². The first-order valence-corrected chi connectivity index (χ1v) is 37.4. The van der Waals surface area contributed by atoms with Crippen LogP contribution in [0.5, 0.6) is 17.2 Å². The van der Waals surface area contributed by atoms with Crippen LogP contribution in [0.4, 0.5) is 55.2 Å². The van der Waals surface area contributed by atoms with Crippen LogP contribution in [0.2, 0.25) is 0 Å². The van der Waals surface area contributed by atoms with Crippen molar-refractivity contribution < 1.29 is 93.1 Å². The molecule has 0 saturated heterocycles. The minimum Gasteiger partial charge on any atom is -0.503 e. The SMILES string of the molecule is C.C.C.C.C.CCC(=O)OCCSSc1ccccn1.CN.CN(N=O)C(=O)OCCSSCCCc1c(F)c(F)c(O)c(F)c1F.CN(N=O)C(=O)OCCSSc1ccccn1.Cl.O=C(OCCSSc1ccccn1)Oc1ccc([N+](=O)[O-])cc1.Oc1c(F)c(F)c(CCCS)c(F)c1F. The summed E-state index contributed by atoms with van der Waals surface area (Å²) in [4.78, 5) is 86.7. The van der Waals surface area contributed by atoms with Crippen LogP contribution in [0.25, 0.3) is 0 Å². The number of ether oxygens (including phenoxy) is 5. The minimum atomic E-state index is -1.81. The lowest BCUT2D eigenvalue weighted by molar-refractivity contribution is -0.384. The van der Waals surface area contributed by atoms with Crippen LogP contribution in [0.1, 0.15) is 74.4 Å². The molecule has 0 bridgehead atoms. The molecule has 103 heavy (non-hydrogen) atoms. The molecule has 24 nitrogen and oxygen atoms in total. The van der Waals surface area contributed by atoms with Crippen molar-refractivity contribution in [3.63, 3.8) is 0 Å². The van der Waals surface area contributed by atoms with Crippen molar-refractivity contribution in [2.45, 2.75) is 91.2 Å². The number of carbonyl (C=O) groups excluding carboxylic acids is 4. The highest BCUT2D eigenvalue weighted by Gasteiger charge is 2.26. The third-order valence-electron chi connectivity index (χ3n) is 10.2. The van der Waals surface area contributed by atoms with E-state index in [2.05, 4.69) is 43.9 Å². The molecule has 0 unspecified atom stereocenters. The van der Waals surface area contributed by atoms with Crippen LogP contribution >= 0.6 is 111 Å². The summed E-state index contributed by atoms with van der Waals surface area (Å²) >= 11 is 3.81. The zero-order valence-electron chi connectivity index (χ0n) is 51.8. The maximum atomic E-state index is 13.5. The summed E-state index contributed by atoms with van der Waals surface area (Å²) in [6.07, 6.45) is 3.24. The number of aromatic nitrogens is 3. The Morgan fingerprint density at radius 2 is 0.874 bits per heavy atom. The predicted molar refractivity (Wildman–Crippen MR) is 406 cm³/mol. The van der Waals surface area contributed by atoms with Gasteiger partial charge in [-0.2, -0.15) is 40.2 Å². The molecule has 0 aliphatic heterocycles. The molecule has 42 heteroatoms. The number of nitro groups is 1. The number of halogens is 9. The van der Waals surface area contributed by atoms with Crippen molar-refractivity contribution in [1.29, 1.82) is 0 Å². The van der Waals surface area contributed by atoms with Crippen LogP contribution in [-0.4, -0.2) is 147 Å². The van der Waals surface area contributed by atoms with Crippen molar-refractivity contribution in [3.8, 4) is 17.2 Å². The molecular formula is C61H84ClF8N9O15S9. The zero-order valence-corrected chi connectivity index (χ0v) is 60.1. The van der Waals surface area contributed by atoms with Gasteiger partial charge in [-0.05, 0) is 119 Å². The lowest BCUT2D eigenvalue weighted by Crippen LogP contribution is -2.22. The number of aromatic hydroxyl groups is 2. The quantitative estimate of drug-likeness (QED) is 0.00268. The molecule has 0 saturated carbocycles. The van der Waals surface area contributed by atoms with Crippen molar-refractivity contribution in [3.05, 3.63) is 175 Å². The van der Waals surface area contributed by atoms with Crippen LogP contribution in [0.15, 0.2) is 123 Å². The number of benzene rings is 3. The van der Waals surface area contributed by atoms with Gasteiger partial charge in [-0.15, -0.1) is 22.2 Å². The van der Waals surface area contributed by atoms with E-state index in [0.717, 1.165) is 27.9 Å². The Bertz CT molecular complexity index is 3280. The molecule has 6 rings (SSSR count). The highest BCUT2D eigenvalue weighted by molar-refractivity contribution is 8.77. The molecule has 3 heterocycles. The summed E-state index contributed by atoms with van der Waals surface area (Å²) in [6, 6.07) is 22.2. The van der Waals surface area contributed by atoms with Gasteiger partial charge in [-0.3, -0.25) is 14.9 Å². The van der Waals surface area contributed by atoms with E-state index in [-0.39, 0.29) is 112 Å². The fourth-order valence-electron chi connectivity index (χ4n) is 5.74. The Kier molecular flexibility index (Phi) is 67.8. The number of nitrogens with zero attached hydrogens (tertiary/aromatic N) is 8. The summed E-state index contributed by atoms with van der Waals surface area (Å²) < 4.78 is 129. The molecule has 0 atom stereocenters. The number of nitroso groups, excluding NO2 is 2. The number of rotatable bonds is 31. The second kappa shape index (κ2) is 65.0. The summed E-state index contributed by atoms with van der Waals surface area (Å²) in [5, 5.41) is 36.7. The maximum Gasteiger partial charge on any atom is 0.513 e. The standard InChI is InChI=1S/C14H12N2O5S2.C13H14F4N2O4S2.C10H13NO2S2.C9H8F4OS.C9H11N3O3S2.CH5N.5CH4.ClH/c17-14(21-12-6-4-11(5-7-12)16(18)19)20-9-10-22-23-13-3-1-2-8-15-13;1-19(18-22)13(21)23-4-6-25-24-5-2-3-7-8(14)10(16)12(20)11(17)9(7)15;1-2-10(12)13-7-8-14-15-9-5-3-4-6-11-9;10-5-4(2-1-3-15)6(11)8(13)9(14)7(5)12;1-12(11-14)9(13)15-6-7-16-17-8-4-2-3-5-10-8;1-2;;;;;;/h1-8H,9-10H2;20H,2-6H2,1H3;3-6H,2,7-8H2,1H3;14-15H,1-3H2;2-5H,6-7H2,1H3;2H2,1H3;5*1H4;1H. The van der Waals surface area contributed by atoms with Gasteiger partial charge >= 0.3 is 24.3 Å². The maximum absolute atomic E-state index is 13.5. The van der Waals surface area contributed by atoms with Crippen molar-refractivity contribution >= 4 is 141 Å². The van der Waals surface area contributed by atoms with Crippen molar-refractivity contribution in [1.82, 2.24) is 25.0 Å². The van der Waals surface area contributed by atoms with E-state index in [1.165, 1.54) is 103 Å². The molecule has 4 N–H and O–H groups in total. The number of nitrogens with two attached hydrogens (primary N) is 1. The van der Waals surface area contributed by atoms with Crippen LogP contribution < -0.4 is 10.5 Å². The fourth-order valence-corrected chi connectivity index (χ4v) is 12.9. The lowest BCUT2D eigenvalue weighted by Gasteiger charge is -2.09. The van der Waals surface area contributed by atoms with Crippen LogP contribution in [0, 0.1) is 66.5 Å². The largest absolute Gasteiger partial charge is 0.513 e. The topological polar surface area (TPSA) is 328 Å². The van der Waals surface area contributed by atoms with Crippen molar-refractivity contribution in [2.75, 3.05) is 82.1 Å². The second-order valence-corrected chi connectivity index (χ2v) is 27.4. The first kappa shape index (κ1) is 107. The van der Waals surface area contributed by atoms with E-state index >= 15 is 0 Å². The van der Waals surface area contributed by atoms with Gasteiger partial charge in [0.2, 0.25) is 23.3 Å². The van der Waals surface area contributed by atoms with Gasteiger partial charge in [-0.25, -0.2) is 46.9 Å². The smallest absolute Gasteiger partial charge is 0.503 e. The van der Waals surface area contributed by atoms with Gasteiger partial charge < -0.3 is 39.6 Å². The van der Waals surface area contributed by atoms with Crippen LogP contribution in [-0.2, 0) is 36.6 Å².